The highest BCUT2D eigenvalue weighted by Gasteiger charge is 2.34. The summed E-state index contributed by atoms with van der Waals surface area (Å²) < 4.78 is 11.7. The first-order valence-corrected chi connectivity index (χ1v) is 11.4. The second kappa shape index (κ2) is 7.62. The SMILES string of the molecule is CCCSc1nc(N2CCOCC2)c2c3c(sc2n1)CO[C@@](C)(CC)C3. The lowest BCUT2D eigenvalue weighted by molar-refractivity contribution is -0.0543. The third-order valence-electron chi connectivity index (χ3n) is 5.29. The fourth-order valence-corrected chi connectivity index (χ4v) is 5.37. The number of hydrogen-bond donors (Lipinski definition) is 0. The van der Waals surface area contributed by atoms with Crippen molar-refractivity contribution in [1.82, 2.24) is 9.97 Å². The van der Waals surface area contributed by atoms with E-state index in [4.69, 9.17) is 19.4 Å². The molecule has 0 unspecified atom stereocenters. The maximum absolute atomic E-state index is 6.17. The van der Waals surface area contributed by atoms with Crippen molar-refractivity contribution in [2.24, 2.45) is 0 Å². The molecule has 0 radical (unpaired) electrons. The minimum atomic E-state index is -0.0844. The Kier molecular flexibility index (Phi) is 5.41. The van der Waals surface area contributed by atoms with Crippen molar-refractivity contribution in [3.63, 3.8) is 0 Å². The molecule has 1 fully saturated rings. The van der Waals surface area contributed by atoms with Crippen LogP contribution in [0.4, 0.5) is 5.82 Å². The van der Waals surface area contributed by atoms with Gasteiger partial charge in [-0.05, 0) is 25.3 Å². The highest BCUT2D eigenvalue weighted by atomic mass is 32.2. The molecule has 2 aliphatic heterocycles. The molecule has 4 rings (SSSR count). The molecule has 0 spiro atoms. The average Bonchev–Trinajstić information content (AvgIpc) is 3.03. The van der Waals surface area contributed by atoms with Gasteiger partial charge in [0.15, 0.2) is 5.16 Å². The van der Waals surface area contributed by atoms with Crippen LogP contribution in [0.3, 0.4) is 0 Å². The summed E-state index contributed by atoms with van der Waals surface area (Å²) in [5.41, 5.74) is 1.33. The quantitative estimate of drug-likeness (QED) is 0.558. The summed E-state index contributed by atoms with van der Waals surface area (Å²) >= 11 is 3.55. The van der Waals surface area contributed by atoms with E-state index in [2.05, 4.69) is 25.7 Å². The summed E-state index contributed by atoms with van der Waals surface area (Å²) in [5.74, 6) is 2.16. The molecule has 26 heavy (non-hydrogen) atoms. The zero-order chi connectivity index (χ0) is 18.1. The summed E-state index contributed by atoms with van der Waals surface area (Å²) in [4.78, 5) is 14.7. The van der Waals surface area contributed by atoms with Crippen LogP contribution in [-0.2, 0) is 22.5 Å². The summed E-state index contributed by atoms with van der Waals surface area (Å²) in [7, 11) is 0. The van der Waals surface area contributed by atoms with E-state index in [-0.39, 0.29) is 5.60 Å². The third-order valence-corrected chi connectivity index (χ3v) is 7.44. The van der Waals surface area contributed by atoms with Gasteiger partial charge in [0.1, 0.15) is 10.6 Å². The zero-order valence-electron chi connectivity index (χ0n) is 15.8. The second-order valence-corrected chi connectivity index (χ2v) is 9.38. The molecule has 0 N–H and O–H groups in total. The van der Waals surface area contributed by atoms with Crippen LogP contribution in [0, 0.1) is 0 Å². The predicted octanol–water partition coefficient (Wildman–Crippen LogP) is 4.27. The van der Waals surface area contributed by atoms with Crippen LogP contribution in [0.5, 0.6) is 0 Å². The van der Waals surface area contributed by atoms with Gasteiger partial charge in [-0.25, -0.2) is 9.97 Å². The van der Waals surface area contributed by atoms with Gasteiger partial charge in [-0.2, -0.15) is 0 Å². The molecule has 5 nitrogen and oxygen atoms in total. The molecule has 7 heteroatoms. The normalized spacial score (nSPS) is 23.4. The smallest absolute Gasteiger partial charge is 0.190 e. The van der Waals surface area contributed by atoms with Crippen LogP contribution >= 0.6 is 23.1 Å². The lowest BCUT2D eigenvalue weighted by atomic mass is 9.90. The van der Waals surface area contributed by atoms with Gasteiger partial charge in [-0.3, -0.25) is 0 Å². The molecular formula is C19H27N3O2S2. The Morgan fingerprint density at radius 3 is 2.77 bits per heavy atom. The lowest BCUT2D eigenvalue weighted by Gasteiger charge is -2.34. The molecule has 0 bridgehead atoms. The van der Waals surface area contributed by atoms with Crippen LogP contribution in [0.15, 0.2) is 5.16 Å². The highest BCUT2D eigenvalue weighted by Crippen LogP contribution is 2.43. The summed E-state index contributed by atoms with van der Waals surface area (Å²) in [6.45, 7) is 10.7. The van der Waals surface area contributed by atoms with Crippen LogP contribution in [0.25, 0.3) is 10.2 Å². The van der Waals surface area contributed by atoms with Crippen LogP contribution in [-0.4, -0.2) is 47.6 Å². The van der Waals surface area contributed by atoms with Gasteiger partial charge in [0.2, 0.25) is 0 Å². The lowest BCUT2D eigenvalue weighted by Crippen LogP contribution is -2.37. The maximum atomic E-state index is 6.17. The summed E-state index contributed by atoms with van der Waals surface area (Å²) in [5, 5.41) is 2.16. The molecule has 2 aromatic rings. The first-order chi connectivity index (χ1) is 12.6. The van der Waals surface area contributed by atoms with E-state index < -0.39 is 0 Å². The fraction of sp³-hybridized carbons (Fsp3) is 0.684. The molecule has 0 amide bonds. The Balaban J connectivity index is 1.83. The van der Waals surface area contributed by atoms with Gasteiger partial charge < -0.3 is 14.4 Å². The van der Waals surface area contributed by atoms with Crippen molar-refractivity contribution in [1.29, 1.82) is 0 Å². The van der Waals surface area contributed by atoms with Gasteiger partial charge in [0, 0.05) is 30.1 Å². The molecule has 2 aliphatic rings. The number of aromatic nitrogens is 2. The second-order valence-electron chi connectivity index (χ2n) is 7.23. The van der Waals surface area contributed by atoms with Crippen molar-refractivity contribution >= 4 is 39.1 Å². The van der Waals surface area contributed by atoms with E-state index in [1.165, 1.54) is 15.8 Å². The predicted molar refractivity (Wildman–Crippen MR) is 109 cm³/mol. The third kappa shape index (κ3) is 3.46. The molecule has 1 atom stereocenters. The Morgan fingerprint density at radius 1 is 1.23 bits per heavy atom. The van der Waals surface area contributed by atoms with Gasteiger partial charge in [0.05, 0.1) is 30.8 Å². The number of rotatable bonds is 5. The number of ether oxygens (including phenoxy) is 2. The van der Waals surface area contributed by atoms with Gasteiger partial charge in [-0.1, -0.05) is 25.6 Å². The Bertz CT molecular complexity index is 789. The van der Waals surface area contributed by atoms with Crippen molar-refractivity contribution in [3.8, 4) is 0 Å². The van der Waals surface area contributed by atoms with E-state index in [0.717, 1.165) is 67.1 Å². The highest BCUT2D eigenvalue weighted by molar-refractivity contribution is 7.99. The van der Waals surface area contributed by atoms with E-state index in [0.29, 0.717) is 6.61 Å². The largest absolute Gasteiger partial charge is 0.378 e. The number of thiophene rings is 1. The molecule has 0 aliphatic carbocycles. The van der Waals surface area contributed by atoms with Crippen LogP contribution in [0.2, 0.25) is 0 Å². The van der Waals surface area contributed by atoms with Crippen LogP contribution in [0.1, 0.15) is 44.1 Å². The monoisotopic (exact) mass is 393 g/mol. The molecule has 2 aromatic heterocycles. The van der Waals surface area contributed by atoms with Gasteiger partial charge >= 0.3 is 0 Å². The van der Waals surface area contributed by atoms with Gasteiger partial charge in [0.25, 0.3) is 0 Å². The summed E-state index contributed by atoms with van der Waals surface area (Å²) in [6.07, 6.45) is 3.09. The minimum Gasteiger partial charge on any atom is -0.378 e. The zero-order valence-corrected chi connectivity index (χ0v) is 17.5. The Labute approximate surface area is 163 Å². The molecule has 4 heterocycles. The van der Waals surface area contributed by atoms with Crippen LogP contribution < -0.4 is 4.90 Å². The first-order valence-electron chi connectivity index (χ1n) is 9.55. The standard InChI is InChI=1S/C19H27N3O2S2/c1-4-10-25-18-20-16(22-6-8-23-9-7-22)15-13-11-19(3,5-2)24-12-14(13)26-17(15)21-18/h4-12H2,1-3H3/t19-/m0/s1. The average molecular weight is 394 g/mol. The number of nitrogens with zero attached hydrogens (tertiary/aromatic N) is 3. The van der Waals surface area contributed by atoms with Crippen molar-refractivity contribution in [2.45, 2.75) is 57.4 Å². The minimum absolute atomic E-state index is 0.0844. The molecule has 0 aromatic carbocycles. The van der Waals surface area contributed by atoms with E-state index >= 15 is 0 Å². The number of morpholine rings is 1. The number of fused-ring (bicyclic) bond motifs is 3. The van der Waals surface area contributed by atoms with Gasteiger partial charge in [-0.15, -0.1) is 11.3 Å². The van der Waals surface area contributed by atoms with Crippen molar-refractivity contribution in [3.05, 3.63) is 10.4 Å². The fourth-order valence-electron chi connectivity index (χ4n) is 3.52. The molecular weight excluding hydrogens is 366 g/mol. The summed E-state index contributed by atoms with van der Waals surface area (Å²) in [6, 6.07) is 0. The topological polar surface area (TPSA) is 47.5 Å². The first kappa shape index (κ1) is 18.5. The number of anilines is 1. The van der Waals surface area contributed by atoms with E-state index in [1.54, 1.807) is 23.1 Å². The Hall–Kier alpha value is -0.890. The molecule has 0 saturated carbocycles. The molecule has 1 saturated heterocycles. The Morgan fingerprint density at radius 2 is 2.04 bits per heavy atom. The molecule has 142 valence electrons. The van der Waals surface area contributed by atoms with Crippen molar-refractivity contribution in [2.75, 3.05) is 37.0 Å². The number of hydrogen-bond acceptors (Lipinski definition) is 7. The van der Waals surface area contributed by atoms with E-state index in [9.17, 15) is 0 Å². The number of thioether (sulfide) groups is 1. The van der Waals surface area contributed by atoms with E-state index in [1.807, 2.05) is 0 Å². The van der Waals surface area contributed by atoms with Crippen molar-refractivity contribution < 1.29 is 9.47 Å². The maximum Gasteiger partial charge on any atom is 0.190 e.